The summed E-state index contributed by atoms with van der Waals surface area (Å²) in [6, 6.07) is 0. The predicted octanol–water partition coefficient (Wildman–Crippen LogP) is 6.84. The van der Waals surface area contributed by atoms with Crippen molar-refractivity contribution in [1.29, 1.82) is 0 Å². The van der Waals surface area contributed by atoms with E-state index in [2.05, 4.69) is 27.7 Å². The van der Waals surface area contributed by atoms with Crippen molar-refractivity contribution in [3.8, 4) is 0 Å². The number of hydrogen-bond donors (Lipinski definition) is 0. The van der Waals surface area contributed by atoms with Crippen LogP contribution in [0.25, 0.3) is 0 Å². The van der Waals surface area contributed by atoms with E-state index < -0.39 is 0 Å². The smallest absolute Gasteiger partial charge is 0.0383 e. The molecule has 1 aliphatic rings. The zero-order chi connectivity index (χ0) is 14.1. The Labute approximate surface area is 122 Å². The molecule has 1 fully saturated rings. The Balaban J connectivity index is 1.86. The van der Waals surface area contributed by atoms with E-state index in [0.717, 1.165) is 23.7 Å². The molecular formula is C19H38. The van der Waals surface area contributed by atoms with Gasteiger partial charge in [-0.1, -0.05) is 91.9 Å². The molecule has 0 amide bonds. The first kappa shape index (κ1) is 17.1. The van der Waals surface area contributed by atoms with Gasteiger partial charge in [0, 0.05) is 0 Å². The van der Waals surface area contributed by atoms with Crippen molar-refractivity contribution in [3.63, 3.8) is 0 Å². The standard InChI is InChI=1S/C19H38/c1-5-6-11-17(4)12-7-8-13-18-15-19(18)14-9-10-16(2)3/h16-19H,5-15H2,1-4H3. The fourth-order valence-corrected chi connectivity index (χ4v) is 3.40. The minimum atomic E-state index is 0.904. The van der Waals surface area contributed by atoms with Crippen molar-refractivity contribution in [2.75, 3.05) is 0 Å². The summed E-state index contributed by atoms with van der Waals surface area (Å²) in [4.78, 5) is 0. The monoisotopic (exact) mass is 266 g/mol. The zero-order valence-electron chi connectivity index (χ0n) is 14.1. The highest BCUT2D eigenvalue weighted by molar-refractivity contribution is 4.85. The maximum Gasteiger partial charge on any atom is -0.0383 e. The molecule has 1 rings (SSSR count). The molecule has 0 heterocycles. The van der Waals surface area contributed by atoms with Gasteiger partial charge >= 0.3 is 0 Å². The van der Waals surface area contributed by atoms with Gasteiger partial charge < -0.3 is 0 Å². The number of rotatable bonds is 12. The van der Waals surface area contributed by atoms with Crippen LogP contribution >= 0.6 is 0 Å². The highest BCUT2D eigenvalue weighted by atomic mass is 14.4. The van der Waals surface area contributed by atoms with Crippen LogP contribution in [0.15, 0.2) is 0 Å². The Kier molecular flexibility index (Phi) is 8.83. The van der Waals surface area contributed by atoms with E-state index in [9.17, 15) is 0 Å². The topological polar surface area (TPSA) is 0 Å². The summed E-state index contributed by atoms with van der Waals surface area (Å²) in [7, 11) is 0. The molecule has 3 atom stereocenters. The maximum atomic E-state index is 2.45. The lowest BCUT2D eigenvalue weighted by Gasteiger charge is -2.10. The van der Waals surface area contributed by atoms with Gasteiger partial charge in [-0.2, -0.15) is 0 Å². The third-order valence-corrected chi connectivity index (χ3v) is 5.00. The fourth-order valence-electron chi connectivity index (χ4n) is 3.40. The quantitative estimate of drug-likeness (QED) is 0.339. The van der Waals surface area contributed by atoms with Crippen LogP contribution in [0.1, 0.15) is 98.3 Å². The molecule has 19 heavy (non-hydrogen) atoms. The van der Waals surface area contributed by atoms with Crippen LogP contribution in [-0.4, -0.2) is 0 Å². The lowest BCUT2D eigenvalue weighted by Crippen LogP contribution is -1.95. The summed E-state index contributed by atoms with van der Waals surface area (Å²) in [5.41, 5.74) is 0. The van der Waals surface area contributed by atoms with Crippen molar-refractivity contribution in [1.82, 2.24) is 0 Å². The Morgan fingerprint density at radius 3 is 2.05 bits per heavy atom. The summed E-state index contributed by atoms with van der Waals surface area (Å²) in [5, 5.41) is 0. The second-order valence-electron chi connectivity index (χ2n) is 7.61. The van der Waals surface area contributed by atoms with E-state index >= 15 is 0 Å². The molecule has 0 aromatic heterocycles. The molecule has 114 valence electrons. The summed E-state index contributed by atoms with van der Waals surface area (Å²) in [6.07, 6.45) is 16.3. The van der Waals surface area contributed by atoms with Gasteiger partial charge in [0.2, 0.25) is 0 Å². The molecule has 0 N–H and O–H groups in total. The Hall–Kier alpha value is 0. The van der Waals surface area contributed by atoms with Crippen LogP contribution in [0.2, 0.25) is 0 Å². The van der Waals surface area contributed by atoms with Crippen LogP contribution in [0.5, 0.6) is 0 Å². The van der Waals surface area contributed by atoms with Gasteiger partial charge in [0.15, 0.2) is 0 Å². The predicted molar refractivity (Wildman–Crippen MR) is 87.4 cm³/mol. The molecule has 1 saturated carbocycles. The highest BCUT2D eigenvalue weighted by Crippen LogP contribution is 2.45. The molecule has 0 radical (unpaired) electrons. The first-order chi connectivity index (χ1) is 9.13. The van der Waals surface area contributed by atoms with Crippen LogP contribution in [0.3, 0.4) is 0 Å². The Morgan fingerprint density at radius 2 is 1.42 bits per heavy atom. The summed E-state index contributed by atoms with van der Waals surface area (Å²) in [5.74, 6) is 4.12. The van der Waals surface area contributed by atoms with E-state index in [1.54, 1.807) is 6.42 Å². The van der Waals surface area contributed by atoms with Gasteiger partial charge in [-0.3, -0.25) is 0 Å². The molecule has 0 heteroatoms. The van der Waals surface area contributed by atoms with Gasteiger partial charge in [0.1, 0.15) is 0 Å². The van der Waals surface area contributed by atoms with Crippen molar-refractivity contribution >= 4 is 0 Å². The minimum absolute atomic E-state index is 0.904. The molecule has 0 aromatic rings. The summed E-state index contributed by atoms with van der Waals surface area (Å²) < 4.78 is 0. The molecular weight excluding hydrogens is 228 g/mol. The van der Waals surface area contributed by atoms with Crippen molar-refractivity contribution in [2.24, 2.45) is 23.7 Å². The maximum absolute atomic E-state index is 2.45. The van der Waals surface area contributed by atoms with Gasteiger partial charge in [-0.05, 0) is 30.1 Å². The van der Waals surface area contributed by atoms with E-state index in [-0.39, 0.29) is 0 Å². The molecule has 1 aliphatic carbocycles. The fraction of sp³-hybridized carbons (Fsp3) is 1.00. The molecule has 0 saturated heterocycles. The van der Waals surface area contributed by atoms with Crippen molar-refractivity contribution < 1.29 is 0 Å². The number of unbranched alkanes of at least 4 members (excludes halogenated alkanes) is 2. The average Bonchev–Trinajstić information content (AvgIpc) is 3.10. The van der Waals surface area contributed by atoms with Crippen LogP contribution in [-0.2, 0) is 0 Å². The van der Waals surface area contributed by atoms with Crippen molar-refractivity contribution in [3.05, 3.63) is 0 Å². The van der Waals surface area contributed by atoms with E-state index in [1.807, 2.05) is 0 Å². The van der Waals surface area contributed by atoms with Crippen LogP contribution in [0.4, 0.5) is 0 Å². The second-order valence-corrected chi connectivity index (χ2v) is 7.61. The largest absolute Gasteiger partial charge is 0.0654 e. The normalized spacial score (nSPS) is 23.8. The summed E-state index contributed by atoms with van der Waals surface area (Å²) >= 11 is 0. The second kappa shape index (κ2) is 9.83. The third kappa shape index (κ3) is 8.71. The van der Waals surface area contributed by atoms with Crippen molar-refractivity contribution in [2.45, 2.75) is 98.3 Å². The molecule has 0 aliphatic heterocycles. The highest BCUT2D eigenvalue weighted by Gasteiger charge is 2.35. The Bertz CT molecular complexity index is 206. The van der Waals surface area contributed by atoms with Gasteiger partial charge in [-0.15, -0.1) is 0 Å². The molecule has 0 spiro atoms. The molecule has 0 aromatic carbocycles. The van der Waals surface area contributed by atoms with Gasteiger partial charge in [-0.25, -0.2) is 0 Å². The lowest BCUT2D eigenvalue weighted by atomic mass is 9.96. The third-order valence-electron chi connectivity index (χ3n) is 5.00. The van der Waals surface area contributed by atoms with E-state index in [4.69, 9.17) is 0 Å². The number of hydrogen-bond acceptors (Lipinski definition) is 0. The molecule has 0 bridgehead atoms. The van der Waals surface area contributed by atoms with E-state index in [1.165, 1.54) is 64.2 Å². The van der Waals surface area contributed by atoms with Crippen LogP contribution < -0.4 is 0 Å². The van der Waals surface area contributed by atoms with E-state index in [0.29, 0.717) is 0 Å². The van der Waals surface area contributed by atoms with Crippen LogP contribution in [0, 0.1) is 23.7 Å². The average molecular weight is 267 g/mol. The van der Waals surface area contributed by atoms with Gasteiger partial charge in [0.05, 0.1) is 0 Å². The zero-order valence-corrected chi connectivity index (χ0v) is 14.1. The lowest BCUT2D eigenvalue weighted by molar-refractivity contribution is 0.435. The Morgan fingerprint density at radius 1 is 0.789 bits per heavy atom. The first-order valence-electron chi connectivity index (χ1n) is 9.13. The molecule has 3 unspecified atom stereocenters. The SMILES string of the molecule is CCCCC(C)CCCCC1CC1CCCC(C)C. The molecule has 0 nitrogen and oxygen atoms in total. The minimum Gasteiger partial charge on any atom is -0.0654 e. The first-order valence-corrected chi connectivity index (χ1v) is 9.13. The van der Waals surface area contributed by atoms with Gasteiger partial charge in [0.25, 0.3) is 0 Å². The summed E-state index contributed by atoms with van der Waals surface area (Å²) in [6.45, 7) is 9.45.